The normalized spacial score (nSPS) is 3.94. The first-order chi connectivity index (χ1) is 19.1. The van der Waals surface area contributed by atoms with Crippen molar-refractivity contribution in [2.24, 2.45) is 0 Å². The molecule has 358 valence electrons. The van der Waals surface area contributed by atoms with Crippen LogP contribution in [0.25, 0.3) is 0 Å². The number of carbonyl (C=O) groups is 11. The minimum atomic E-state index is -2.33. The Morgan fingerprint density at radius 3 is 0.164 bits per heavy atom. The predicted octanol–water partition coefficient (Wildman–Crippen LogP) is -61.0. The van der Waals surface area contributed by atoms with Gasteiger partial charge < -0.3 is 217 Å². The van der Waals surface area contributed by atoms with Gasteiger partial charge in [-0.05, 0) is 67.7 Å². The van der Waals surface area contributed by atoms with E-state index in [0.29, 0.717) is 0 Å². The van der Waals surface area contributed by atoms with E-state index in [4.69, 9.17) is 165 Å². The average molecular weight is 2260 g/mol. The number of hydrogen-bond acceptors (Lipinski definition) is 33. The Morgan fingerprint density at radius 1 is 0.164 bits per heavy atom. The van der Waals surface area contributed by atoms with Crippen molar-refractivity contribution in [3.8, 4) is 0 Å². The molecule has 0 fully saturated rings. The Morgan fingerprint density at radius 2 is 0.164 bits per heavy atom. The Labute approximate surface area is 733 Å². The van der Waals surface area contributed by atoms with Gasteiger partial charge in [0.1, 0.15) is 0 Å². The van der Waals surface area contributed by atoms with Crippen molar-refractivity contribution in [2.75, 3.05) is 0 Å². The second-order valence-corrected chi connectivity index (χ2v) is 2.75. The number of hydrogen-bond donors (Lipinski definition) is 0. The first-order valence-electron chi connectivity index (χ1n) is 6.74. The van der Waals surface area contributed by atoms with E-state index in [1.165, 1.54) is 0 Å². The van der Waals surface area contributed by atoms with Crippen LogP contribution >= 0.6 is 0 Å². The molecular formula is C11Ca3Ce3F11La3Nd3O33. The summed E-state index contributed by atoms with van der Waals surface area (Å²) < 4.78 is 0. The predicted molar refractivity (Wildman–Crippen MR) is 76.6 cm³/mol. The van der Waals surface area contributed by atoms with Crippen LogP contribution in [0.3, 0.4) is 0 Å². The summed E-state index contributed by atoms with van der Waals surface area (Å²) in [4.78, 5) is 91.7. The van der Waals surface area contributed by atoms with Gasteiger partial charge in [-0.15, -0.1) is 0 Å². The minimum absolute atomic E-state index is 0. The van der Waals surface area contributed by atoms with Crippen molar-refractivity contribution in [1.29, 1.82) is 0 Å². The van der Waals surface area contributed by atoms with Crippen LogP contribution in [0.5, 0.6) is 0 Å². The molecule has 0 N–H and O–H groups in total. The zero-order chi connectivity index (χ0) is 39.4. The third-order valence-electron chi connectivity index (χ3n) is 0. The van der Waals surface area contributed by atoms with E-state index in [1.54, 1.807) is 0 Å². The maximum Gasteiger partial charge on any atom is 3.00 e. The van der Waals surface area contributed by atoms with Crippen LogP contribution in [0.1, 0.15) is 0 Å². The molecule has 33 nitrogen and oxygen atoms in total. The number of rotatable bonds is 0. The van der Waals surface area contributed by atoms with E-state index >= 15 is 0 Å². The van der Waals surface area contributed by atoms with Crippen LogP contribution in [-0.2, 0) is 0 Å². The van der Waals surface area contributed by atoms with Gasteiger partial charge in [-0.3, -0.25) is 0 Å². The van der Waals surface area contributed by atoms with Crippen LogP contribution in [0, 0.1) is 355 Å². The fourth-order valence-corrected chi connectivity index (χ4v) is 0. The van der Waals surface area contributed by atoms with Crippen molar-refractivity contribution in [3.05, 3.63) is 0 Å². The van der Waals surface area contributed by atoms with Crippen LogP contribution < -0.4 is 164 Å². The maximum absolute atomic E-state index is 8.33. The quantitative estimate of drug-likeness (QED) is 0.160. The smallest absolute Gasteiger partial charge is 1.00 e. The molecule has 6 radical (unpaired) electrons. The fourth-order valence-electron chi connectivity index (χ4n) is 0. The molecule has 0 rings (SSSR count). The summed E-state index contributed by atoms with van der Waals surface area (Å²) in [7, 11) is 0. The third kappa shape index (κ3) is 8000. The average Bonchev–Trinajstić information content (AvgIpc) is 2.55. The second kappa shape index (κ2) is 237. The van der Waals surface area contributed by atoms with E-state index in [2.05, 4.69) is 0 Å². The molecule has 0 bridgehead atoms. The monoisotopic (exact) mass is 2250 g/mol. The van der Waals surface area contributed by atoms with Gasteiger partial charge in [-0.1, -0.05) is 0 Å². The van der Waals surface area contributed by atoms with Crippen molar-refractivity contribution in [3.63, 3.8) is 0 Å². The first kappa shape index (κ1) is 247. The Hall–Kier alpha value is 6.75. The molecule has 0 aliphatic carbocycles. The molecule has 0 aromatic heterocycles. The van der Waals surface area contributed by atoms with Crippen molar-refractivity contribution < 1.29 is 571 Å². The number of carbonyl (C=O) groups excluding carboxylic acids is 11. The molecule has 0 amide bonds. The molecule has 0 aliphatic heterocycles. The zero-order valence-electron chi connectivity index (χ0n) is 30.0. The molecule has 0 unspecified atom stereocenters. The van der Waals surface area contributed by atoms with Crippen LogP contribution in [-0.4, -0.2) is 181 Å². The van der Waals surface area contributed by atoms with Gasteiger partial charge in [-0.2, -0.15) is 0 Å². The summed E-state index contributed by atoms with van der Waals surface area (Å²) in [5, 5.41) is 183. The molecule has 0 atom stereocenters. The maximum atomic E-state index is 8.33. The minimum Gasteiger partial charge on any atom is -1.00 e. The standard InChI is InChI=1S/11CH2O3.3Ca.3Ce.11FH.3La.3Nd/c11*2-1(3)4;;;;;;;;;;;;;;;;;;;;;;;/h11*(H2,2,3,4);;;;;;;11*1H;;;;;;/q;;;;;;;;;;;3*+2;3*+3;;;;;;;;;;;;6*+3/p-33. The van der Waals surface area contributed by atoms with E-state index in [-0.39, 0.29) is 520 Å². The second-order valence-electron chi connectivity index (χ2n) is 2.75. The number of carboxylic acid groups (broad SMARTS) is 22. The van der Waals surface area contributed by atoms with Crippen LogP contribution in [0.15, 0.2) is 0 Å². The van der Waals surface area contributed by atoms with Crippen molar-refractivity contribution in [2.45, 2.75) is 0 Å². The van der Waals surface area contributed by atoms with E-state index in [0.717, 1.165) is 0 Å². The zero-order valence-corrected chi connectivity index (χ0v) is 66.5. The van der Waals surface area contributed by atoms with Gasteiger partial charge in [-0.25, -0.2) is 0 Å². The van der Waals surface area contributed by atoms with E-state index < -0.39 is 67.7 Å². The van der Waals surface area contributed by atoms with Crippen molar-refractivity contribution in [1.82, 2.24) is 0 Å². The van der Waals surface area contributed by atoms with E-state index in [9.17, 15) is 0 Å². The van der Waals surface area contributed by atoms with E-state index in [1.807, 2.05) is 0 Å². The topological polar surface area (TPSA) is 695 Å². The Kier molecular flexibility index (Phi) is 874. The Balaban J connectivity index is -0.00000000540. The fraction of sp³-hybridized carbons (Fsp3) is 0. The van der Waals surface area contributed by atoms with Gasteiger partial charge in [0.05, 0.1) is 0 Å². The molecule has 0 aromatic carbocycles. The molecule has 0 heterocycles. The van der Waals surface area contributed by atoms with Gasteiger partial charge in [0.2, 0.25) is 0 Å². The van der Waals surface area contributed by atoms with Gasteiger partial charge in [0.15, 0.2) is 0 Å². The summed E-state index contributed by atoms with van der Waals surface area (Å²) >= 11 is 0. The van der Waals surface area contributed by atoms with Gasteiger partial charge >= 0.3 is 468 Å². The molecule has 67 heavy (non-hydrogen) atoms. The summed E-state index contributed by atoms with van der Waals surface area (Å²) in [5.74, 6) is 0. The number of halogens is 11. The summed E-state index contributed by atoms with van der Waals surface area (Å²) in [6.07, 6.45) is -25.7. The SMILES string of the molecule is O=C([O-])[O-].O=C([O-])[O-].O=C([O-])[O-].O=C([O-])[O-].O=C([O-])[O-].O=C([O-])[O-].O=C([O-])[O-].O=C([O-])[O-].O=C([O-])[O-].O=C([O-])[O-].O=C([O-])[O-].[Ca+2].[Ca+2].[Ca+2].[Ce+3].[Ce+3].[Ce+3].[F-].[F-].[F-].[F-].[F-].[F-].[F-].[F-].[F-].[F-].[F-].[La+3].[La+3].[La+3].[Nd+3].[Nd+3].[Nd+3]. The third-order valence-corrected chi connectivity index (χ3v) is 0. The summed E-state index contributed by atoms with van der Waals surface area (Å²) in [6, 6.07) is 0. The molecule has 0 aromatic rings. The molecular weight excluding hydrogens is 2260 g/mol. The summed E-state index contributed by atoms with van der Waals surface area (Å²) in [5.41, 5.74) is 0. The van der Waals surface area contributed by atoms with Crippen LogP contribution in [0.2, 0.25) is 0 Å². The van der Waals surface area contributed by atoms with Crippen molar-refractivity contribution >= 4 is 181 Å². The molecule has 0 spiro atoms. The largest absolute Gasteiger partial charge is 3.00 e. The first-order valence-corrected chi connectivity index (χ1v) is 6.74. The summed E-state index contributed by atoms with van der Waals surface area (Å²) in [6.45, 7) is 0. The molecule has 56 heteroatoms. The van der Waals surface area contributed by atoms with Gasteiger partial charge in [0.25, 0.3) is 0 Å². The van der Waals surface area contributed by atoms with Gasteiger partial charge in [0, 0.05) is 0 Å². The Bertz CT molecular complexity index is 626. The molecule has 0 saturated heterocycles. The van der Waals surface area contributed by atoms with Crippen LogP contribution in [0.4, 0.5) is 52.7 Å². The molecule has 0 aliphatic rings. The molecule has 0 saturated carbocycles.